The first-order valence-corrected chi connectivity index (χ1v) is 15.4. The summed E-state index contributed by atoms with van der Waals surface area (Å²) < 4.78 is 0. The second-order valence-corrected chi connectivity index (χ2v) is 13.4. The van der Waals surface area contributed by atoms with E-state index >= 15 is 0 Å². The quantitative estimate of drug-likeness (QED) is 0.247. The molecule has 0 saturated heterocycles. The van der Waals surface area contributed by atoms with E-state index in [4.69, 9.17) is 0 Å². The zero-order chi connectivity index (χ0) is 33.2. The third-order valence-electron chi connectivity index (χ3n) is 8.31. The Kier molecular flexibility index (Phi) is 13.2. The van der Waals surface area contributed by atoms with E-state index in [1.807, 2.05) is 74.6 Å². The fraction of sp³-hybridized carbons (Fsp3) is 0.400. The molecular weight excluding hydrogens is 544 g/mol. The van der Waals surface area contributed by atoms with Gasteiger partial charge >= 0.3 is 0 Å². The van der Waals surface area contributed by atoms with Gasteiger partial charge in [0.25, 0.3) is 0 Å². The van der Waals surface area contributed by atoms with Crippen molar-refractivity contribution in [1.29, 1.82) is 0 Å². The van der Waals surface area contributed by atoms with Crippen molar-refractivity contribution in [3.63, 3.8) is 0 Å². The molecule has 0 aromatic rings. The third-order valence-corrected chi connectivity index (χ3v) is 8.31. The van der Waals surface area contributed by atoms with Gasteiger partial charge in [0.2, 0.25) is 0 Å². The Morgan fingerprint density at radius 3 is 1.20 bits per heavy atom. The highest BCUT2D eigenvalue weighted by molar-refractivity contribution is 6.01. The van der Waals surface area contributed by atoms with E-state index in [9.17, 15) is 19.8 Å². The summed E-state index contributed by atoms with van der Waals surface area (Å²) >= 11 is 0. The number of carbonyl (C=O) groups excluding carboxylic acids is 2. The van der Waals surface area contributed by atoms with Crippen LogP contribution in [0.5, 0.6) is 0 Å². The summed E-state index contributed by atoms with van der Waals surface area (Å²) in [7, 11) is 0. The van der Waals surface area contributed by atoms with Gasteiger partial charge in [-0.25, -0.2) is 0 Å². The van der Waals surface area contributed by atoms with Crippen molar-refractivity contribution in [1.82, 2.24) is 0 Å². The first kappa shape index (κ1) is 36.6. The first-order valence-electron chi connectivity index (χ1n) is 15.4. The topological polar surface area (TPSA) is 74.6 Å². The Balaban J connectivity index is 1.95. The van der Waals surface area contributed by atoms with Crippen molar-refractivity contribution in [3.05, 3.63) is 130 Å². The van der Waals surface area contributed by atoms with E-state index in [1.54, 1.807) is 13.8 Å². The van der Waals surface area contributed by atoms with E-state index < -0.39 is 12.2 Å². The maximum absolute atomic E-state index is 12.2. The van der Waals surface area contributed by atoms with E-state index in [1.165, 1.54) is 0 Å². The molecule has 0 radical (unpaired) electrons. The number of rotatable bonds is 10. The van der Waals surface area contributed by atoms with Crippen LogP contribution < -0.4 is 0 Å². The smallest absolute Gasteiger partial charge is 0.187 e. The summed E-state index contributed by atoms with van der Waals surface area (Å²) in [6.07, 6.45) is 27.5. The second kappa shape index (κ2) is 15.9. The molecule has 0 amide bonds. The SMILES string of the molecule is CC1=C(C=C/C(C)=C/C=C/C(C)=C/C=C/C=C(C)/C=C/C=C(C)/C=C/C2=C(C)C(=O)C(O)CC2(C)C)C(C)(C)CC(O)C1=O. The van der Waals surface area contributed by atoms with Crippen molar-refractivity contribution in [2.45, 2.75) is 94.3 Å². The molecule has 0 saturated carbocycles. The van der Waals surface area contributed by atoms with Crippen LogP contribution in [-0.2, 0) is 9.59 Å². The maximum atomic E-state index is 12.2. The summed E-state index contributed by atoms with van der Waals surface area (Å²) in [5, 5.41) is 20.0. The van der Waals surface area contributed by atoms with E-state index in [2.05, 4.69) is 65.8 Å². The molecule has 0 heterocycles. The number of hydrogen-bond donors (Lipinski definition) is 2. The summed E-state index contributed by atoms with van der Waals surface area (Å²) in [6, 6.07) is 0. The van der Waals surface area contributed by atoms with Gasteiger partial charge in [0.1, 0.15) is 12.2 Å². The highest BCUT2D eigenvalue weighted by Crippen LogP contribution is 2.40. The fourth-order valence-corrected chi connectivity index (χ4v) is 5.62. The molecule has 4 heteroatoms. The lowest BCUT2D eigenvalue weighted by Crippen LogP contribution is -2.35. The fourth-order valence-electron chi connectivity index (χ4n) is 5.62. The van der Waals surface area contributed by atoms with Gasteiger partial charge in [-0.3, -0.25) is 9.59 Å². The van der Waals surface area contributed by atoms with Crippen molar-refractivity contribution in [3.8, 4) is 0 Å². The molecule has 0 aromatic heterocycles. The van der Waals surface area contributed by atoms with Crippen molar-refractivity contribution < 1.29 is 19.8 Å². The second-order valence-electron chi connectivity index (χ2n) is 13.4. The molecule has 0 fully saturated rings. The molecule has 2 rings (SSSR count). The Labute approximate surface area is 265 Å². The molecule has 0 spiro atoms. The number of ketones is 2. The monoisotopic (exact) mass is 596 g/mol. The number of hydrogen-bond acceptors (Lipinski definition) is 4. The van der Waals surface area contributed by atoms with Crippen LogP contribution in [0.1, 0.15) is 82.1 Å². The van der Waals surface area contributed by atoms with Gasteiger partial charge in [-0.05, 0) is 87.5 Å². The molecule has 236 valence electrons. The lowest BCUT2D eigenvalue weighted by molar-refractivity contribution is -0.126. The van der Waals surface area contributed by atoms with Gasteiger partial charge in [0.05, 0.1) is 0 Å². The molecule has 0 aliphatic heterocycles. The van der Waals surface area contributed by atoms with Crippen LogP contribution >= 0.6 is 0 Å². The molecule has 2 unspecified atom stereocenters. The summed E-state index contributed by atoms with van der Waals surface area (Å²) in [5.74, 6) is -0.350. The van der Waals surface area contributed by atoms with Gasteiger partial charge < -0.3 is 10.2 Å². The van der Waals surface area contributed by atoms with E-state index in [0.717, 1.165) is 33.4 Å². The molecule has 2 N–H and O–H groups in total. The van der Waals surface area contributed by atoms with E-state index in [-0.39, 0.29) is 22.4 Å². The average Bonchev–Trinajstić information content (AvgIpc) is 2.92. The number of Topliss-reactive ketones (excluding diaryl/α,β-unsaturated/α-hetero) is 2. The van der Waals surface area contributed by atoms with Crippen LogP contribution in [0.4, 0.5) is 0 Å². The molecule has 44 heavy (non-hydrogen) atoms. The zero-order valence-electron chi connectivity index (χ0n) is 28.4. The molecule has 2 aliphatic carbocycles. The Bertz CT molecular complexity index is 1340. The largest absolute Gasteiger partial charge is 0.385 e. The number of aliphatic hydroxyl groups is 2. The van der Waals surface area contributed by atoms with Crippen LogP contribution in [-0.4, -0.2) is 34.0 Å². The number of aliphatic hydroxyl groups excluding tert-OH is 2. The minimum Gasteiger partial charge on any atom is -0.385 e. The Hall–Kier alpha value is -3.60. The zero-order valence-corrected chi connectivity index (χ0v) is 28.4. The predicted molar refractivity (Wildman–Crippen MR) is 185 cm³/mol. The first-order chi connectivity index (χ1) is 20.5. The van der Waals surface area contributed by atoms with E-state index in [0.29, 0.717) is 24.0 Å². The van der Waals surface area contributed by atoms with Crippen LogP contribution in [0.25, 0.3) is 0 Å². The van der Waals surface area contributed by atoms with Gasteiger partial charge in [0, 0.05) is 0 Å². The Morgan fingerprint density at radius 1 is 0.568 bits per heavy atom. The standard InChI is InChI=1S/C40H52O4/c1-27(17-13-19-29(3)21-23-33-31(5)37(43)35(41)25-39(33,7)8)15-11-12-16-28(2)18-14-20-30(4)22-24-34-32(6)38(44)36(42)26-40(34,9)10/h11-24,35-36,41-42H,25-26H2,1-10H3/b12-11+,17-13+,18-14+,23-21+,24-22?,27-15+,28-16+,29-19+,30-20+. The molecule has 2 atom stereocenters. The number of allylic oxidation sites excluding steroid dienone is 20. The molecule has 0 bridgehead atoms. The lowest BCUT2D eigenvalue weighted by Gasteiger charge is -2.34. The van der Waals surface area contributed by atoms with Crippen LogP contribution in [0, 0.1) is 10.8 Å². The minimum atomic E-state index is -0.907. The molecule has 4 nitrogen and oxygen atoms in total. The van der Waals surface area contributed by atoms with Gasteiger partial charge in [-0.15, -0.1) is 0 Å². The number of carbonyl (C=O) groups is 2. The highest BCUT2D eigenvalue weighted by Gasteiger charge is 2.37. The van der Waals surface area contributed by atoms with Crippen molar-refractivity contribution >= 4 is 11.6 Å². The molecular formula is C40H52O4. The lowest BCUT2D eigenvalue weighted by atomic mass is 9.71. The van der Waals surface area contributed by atoms with Crippen LogP contribution in [0.2, 0.25) is 0 Å². The predicted octanol–water partition coefficient (Wildman–Crippen LogP) is 8.91. The van der Waals surface area contributed by atoms with Gasteiger partial charge in [0.15, 0.2) is 11.6 Å². The summed E-state index contributed by atoms with van der Waals surface area (Å²) in [6.45, 7) is 20.0. The van der Waals surface area contributed by atoms with Crippen molar-refractivity contribution in [2.24, 2.45) is 10.8 Å². The third kappa shape index (κ3) is 10.5. The van der Waals surface area contributed by atoms with Crippen molar-refractivity contribution in [2.75, 3.05) is 0 Å². The van der Waals surface area contributed by atoms with Crippen LogP contribution in [0.15, 0.2) is 130 Å². The molecule has 0 aromatic carbocycles. The summed E-state index contributed by atoms with van der Waals surface area (Å²) in [4.78, 5) is 24.5. The molecule has 2 aliphatic rings. The normalized spacial score (nSPS) is 24.5. The minimum absolute atomic E-state index is 0.175. The summed E-state index contributed by atoms with van der Waals surface area (Å²) in [5.41, 5.74) is 7.16. The average molecular weight is 597 g/mol. The highest BCUT2D eigenvalue weighted by atomic mass is 16.3. The Morgan fingerprint density at radius 2 is 0.864 bits per heavy atom. The van der Waals surface area contributed by atoms with Gasteiger partial charge in [-0.2, -0.15) is 0 Å². The van der Waals surface area contributed by atoms with Crippen LogP contribution in [0.3, 0.4) is 0 Å². The van der Waals surface area contributed by atoms with Gasteiger partial charge in [-0.1, -0.05) is 135 Å². The maximum Gasteiger partial charge on any atom is 0.187 e.